The lowest BCUT2D eigenvalue weighted by atomic mass is 9.84. The fourth-order valence-corrected chi connectivity index (χ4v) is 5.24. The van der Waals surface area contributed by atoms with Crippen molar-refractivity contribution in [1.29, 1.82) is 0 Å². The first-order valence-electron chi connectivity index (χ1n) is 12.9. The van der Waals surface area contributed by atoms with E-state index >= 15 is 0 Å². The monoisotopic (exact) mass is 491 g/mol. The maximum atomic E-state index is 13.0. The van der Waals surface area contributed by atoms with E-state index in [1.54, 1.807) is 26.2 Å². The molecule has 35 heavy (non-hydrogen) atoms. The van der Waals surface area contributed by atoms with Crippen molar-refractivity contribution in [2.75, 3.05) is 34.5 Å². The average molecular weight is 492 g/mol. The first-order chi connectivity index (χ1) is 17.0. The highest BCUT2D eigenvalue weighted by Crippen LogP contribution is 2.38. The van der Waals surface area contributed by atoms with Crippen LogP contribution in [0.15, 0.2) is 12.1 Å². The summed E-state index contributed by atoms with van der Waals surface area (Å²) in [5.74, 6) is 1.14. The zero-order valence-electron chi connectivity index (χ0n) is 21.4. The number of hydrogen-bond donors (Lipinski definition) is 1. The second kappa shape index (κ2) is 13.6. The first-order valence-corrected chi connectivity index (χ1v) is 12.9. The number of unbranched alkanes of at least 4 members (excludes halogenated alkanes) is 1. The molecule has 0 spiro atoms. The number of hydrogen-bond acceptors (Lipinski definition) is 7. The molecule has 1 saturated heterocycles. The molecule has 1 aromatic rings. The average Bonchev–Trinajstić information content (AvgIpc) is 2.91. The van der Waals surface area contributed by atoms with Crippen LogP contribution in [0.1, 0.15) is 69.8 Å². The highest BCUT2D eigenvalue weighted by Gasteiger charge is 2.38. The van der Waals surface area contributed by atoms with Gasteiger partial charge >= 0.3 is 5.97 Å². The minimum absolute atomic E-state index is 0.00468. The number of rotatable bonds is 11. The Bertz CT molecular complexity index is 812. The van der Waals surface area contributed by atoms with E-state index in [0.717, 1.165) is 63.4 Å². The quantitative estimate of drug-likeness (QED) is 0.371. The van der Waals surface area contributed by atoms with E-state index in [2.05, 4.69) is 0 Å². The highest BCUT2D eigenvalue weighted by atomic mass is 16.5. The van der Waals surface area contributed by atoms with E-state index in [9.17, 15) is 14.7 Å². The van der Waals surface area contributed by atoms with Crippen LogP contribution < -0.4 is 14.2 Å². The van der Waals surface area contributed by atoms with Gasteiger partial charge in [0.2, 0.25) is 5.75 Å². The first kappa shape index (κ1) is 27.1. The fourth-order valence-electron chi connectivity index (χ4n) is 5.24. The van der Waals surface area contributed by atoms with E-state index in [4.69, 9.17) is 18.9 Å². The van der Waals surface area contributed by atoms with Gasteiger partial charge in [-0.15, -0.1) is 0 Å². The fraction of sp³-hybridized carbons (Fsp3) is 0.704. The van der Waals surface area contributed by atoms with Crippen LogP contribution in [0.4, 0.5) is 0 Å². The third kappa shape index (κ3) is 7.03. The third-order valence-electron chi connectivity index (χ3n) is 7.24. The summed E-state index contributed by atoms with van der Waals surface area (Å²) in [5, 5.41) is 10.7. The Morgan fingerprint density at radius 1 is 0.943 bits per heavy atom. The Labute approximate surface area is 208 Å². The summed E-state index contributed by atoms with van der Waals surface area (Å²) in [4.78, 5) is 27.4. The number of carbonyl (C=O) groups is 2. The van der Waals surface area contributed by atoms with Gasteiger partial charge in [-0.25, -0.2) is 4.79 Å². The smallest absolute Gasteiger partial charge is 0.328 e. The topological polar surface area (TPSA) is 94.5 Å². The Morgan fingerprint density at radius 3 is 2.23 bits per heavy atom. The molecule has 1 aliphatic carbocycles. The molecule has 0 radical (unpaired) electrons. The molecular weight excluding hydrogens is 450 g/mol. The van der Waals surface area contributed by atoms with Crippen molar-refractivity contribution < 1.29 is 33.6 Å². The van der Waals surface area contributed by atoms with Crippen molar-refractivity contribution in [3.8, 4) is 17.2 Å². The standard InChI is InChI=1S/C27H41NO7/c1-32-22-17-19(18-23(33-2)25(22)34-3)11-8-10-16-35-27(31)21-14-7-9-15-28(21)26(30)24(29)20-12-5-4-6-13-20/h17-18,20-21,24,29H,4-16H2,1-3H3/t21-,24?/m0/s1. The highest BCUT2D eigenvalue weighted by molar-refractivity contribution is 5.87. The molecule has 1 saturated carbocycles. The van der Waals surface area contributed by atoms with Crippen molar-refractivity contribution in [3.05, 3.63) is 17.7 Å². The lowest BCUT2D eigenvalue weighted by Gasteiger charge is -2.37. The van der Waals surface area contributed by atoms with Gasteiger partial charge < -0.3 is 29.0 Å². The zero-order chi connectivity index (χ0) is 25.2. The summed E-state index contributed by atoms with van der Waals surface area (Å²) in [6.45, 7) is 0.802. The summed E-state index contributed by atoms with van der Waals surface area (Å²) >= 11 is 0. The second-order valence-corrected chi connectivity index (χ2v) is 9.54. The number of amides is 1. The maximum Gasteiger partial charge on any atom is 0.328 e. The van der Waals surface area contributed by atoms with Crippen molar-refractivity contribution in [3.63, 3.8) is 0 Å². The number of methoxy groups -OCH3 is 3. The van der Waals surface area contributed by atoms with E-state index in [1.165, 1.54) is 0 Å². The van der Waals surface area contributed by atoms with Gasteiger partial charge in [-0.2, -0.15) is 0 Å². The van der Waals surface area contributed by atoms with Crippen LogP contribution in [0.5, 0.6) is 17.2 Å². The lowest BCUT2D eigenvalue weighted by molar-refractivity contribution is -0.161. The number of ether oxygens (including phenoxy) is 4. The van der Waals surface area contributed by atoms with Gasteiger partial charge in [-0.1, -0.05) is 19.3 Å². The normalized spacial score (nSPS) is 19.7. The van der Waals surface area contributed by atoms with Gasteiger partial charge in [0, 0.05) is 6.54 Å². The minimum Gasteiger partial charge on any atom is -0.493 e. The van der Waals surface area contributed by atoms with Gasteiger partial charge in [0.25, 0.3) is 5.91 Å². The molecule has 1 N–H and O–H groups in total. The van der Waals surface area contributed by atoms with Crippen molar-refractivity contribution in [2.24, 2.45) is 5.92 Å². The van der Waals surface area contributed by atoms with Crippen LogP contribution in [0.3, 0.4) is 0 Å². The number of nitrogens with zero attached hydrogens (tertiary/aromatic N) is 1. The summed E-state index contributed by atoms with van der Waals surface area (Å²) in [6.07, 6.45) is 8.62. The number of likely N-dealkylation sites (tertiary alicyclic amines) is 1. The molecule has 2 aliphatic rings. The van der Waals surface area contributed by atoms with Crippen LogP contribution in [0, 0.1) is 5.92 Å². The number of aryl methyl sites for hydroxylation is 1. The van der Waals surface area contributed by atoms with E-state index in [0.29, 0.717) is 43.2 Å². The molecule has 1 amide bonds. The van der Waals surface area contributed by atoms with Gasteiger partial charge in [0.1, 0.15) is 12.1 Å². The Hall–Kier alpha value is -2.48. The summed E-state index contributed by atoms with van der Waals surface area (Å²) in [5.41, 5.74) is 1.05. The second-order valence-electron chi connectivity index (χ2n) is 9.54. The molecule has 196 valence electrons. The number of aliphatic hydroxyl groups is 1. The zero-order valence-corrected chi connectivity index (χ0v) is 21.4. The predicted molar refractivity (Wildman–Crippen MR) is 132 cm³/mol. The van der Waals surface area contributed by atoms with Gasteiger partial charge in [0.05, 0.1) is 27.9 Å². The van der Waals surface area contributed by atoms with E-state index < -0.39 is 12.1 Å². The molecule has 2 atom stereocenters. The van der Waals surface area contributed by atoms with E-state index in [1.807, 2.05) is 12.1 Å². The SMILES string of the molecule is COc1cc(CCCCOC(=O)[C@@H]2CCCCN2C(=O)C(O)C2CCCCC2)cc(OC)c1OC. The molecule has 1 unspecified atom stereocenters. The molecular formula is C27H41NO7. The third-order valence-corrected chi connectivity index (χ3v) is 7.24. The number of benzene rings is 1. The molecule has 2 fully saturated rings. The number of piperidine rings is 1. The minimum atomic E-state index is -1.01. The summed E-state index contributed by atoms with van der Waals surface area (Å²) in [6, 6.07) is 3.26. The molecule has 3 rings (SSSR count). The Morgan fingerprint density at radius 2 is 1.60 bits per heavy atom. The Kier molecular flexibility index (Phi) is 10.5. The summed E-state index contributed by atoms with van der Waals surface area (Å²) in [7, 11) is 4.76. The predicted octanol–water partition coefficient (Wildman–Crippen LogP) is 3.90. The largest absolute Gasteiger partial charge is 0.493 e. The molecule has 0 bridgehead atoms. The number of carbonyl (C=O) groups excluding carboxylic acids is 2. The Balaban J connectivity index is 1.48. The van der Waals surface area contributed by atoms with Crippen molar-refractivity contribution in [1.82, 2.24) is 4.90 Å². The molecule has 1 heterocycles. The molecule has 1 aliphatic heterocycles. The lowest BCUT2D eigenvalue weighted by Crippen LogP contribution is -2.53. The van der Waals surface area contributed by atoms with Crippen molar-refractivity contribution in [2.45, 2.75) is 82.8 Å². The molecule has 8 heteroatoms. The number of esters is 1. The van der Waals surface area contributed by atoms with Crippen LogP contribution in [-0.4, -0.2) is 68.5 Å². The number of aliphatic hydroxyl groups excluding tert-OH is 1. The van der Waals surface area contributed by atoms with Crippen LogP contribution >= 0.6 is 0 Å². The van der Waals surface area contributed by atoms with Crippen LogP contribution in [0.2, 0.25) is 0 Å². The maximum absolute atomic E-state index is 13.0. The van der Waals surface area contributed by atoms with Crippen LogP contribution in [-0.2, 0) is 20.7 Å². The van der Waals surface area contributed by atoms with E-state index in [-0.39, 0.29) is 17.8 Å². The molecule has 0 aromatic heterocycles. The molecule has 1 aromatic carbocycles. The van der Waals surface area contributed by atoms with Crippen LogP contribution in [0.25, 0.3) is 0 Å². The van der Waals surface area contributed by atoms with Gasteiger partial charge in [-0.05, 0) is 75.0 Å². The molecule has 8 nitrogen and oxygen atoms in total. The van der Waals surface area contributed by atoms with Gasteiger partial charge in [-0.3, -0.25) is 4.79 Å². The van der Waals surface area contributed by atoms with Gasteiger partial charge in [0.15, 0.2) is 11.5 Å². The summed E-state index contributed by atoms with van der Waals surface area (Å²) < 4.78 is 21.7. The van der Waals surface area contributed by atoms with Crippen molar-refractivity contribution >= 4 is 11.9 Å².